The van der Waals surface area contributed by atoms with E-state index in [1.165, 1.54) is 75.3 Å². The van der Waals surface area contributed by atoms with E-state index in [-0.39, 0.29) is 22.5 Å². The summed E-state index contributed by atoms with van der Waals surface area (Å²) < 4.78 is 18.7. The van der Waals surface area contributed by atoms with Crippen LogP contribution in [0.1, 0.15) is 121 Å². The molecule has 0 fully saturated rings. The summed E-state index contributed by atoms with van der Waals surface area (Å²) in [5.74, 6) is 4.29. The zero-order chi connectivity index (χ0) is 31.3. The molecule has 5 heteroatoms. The van der Waals surface area contributed by atoms with E-state index in [4.69, 9.17) is 13.9 Å². The fraction of sp³-hybridized carbons (Fsp3) is 0.605. The normalized spacial score (nSPS) is 18.0. The predicted molar refractivity (Wildman–Crippen MR) is 177 cm³/mol. The van der Waals surface area contributed by atoms with Crippen molar-refractivity contribution in [2.75, 3.05) is 0 Å². The molecule has 43 heavy (non-hydrogen) atoms. The van der Waals surface area contributed by atoms with Crippen LogP contribution in [0.15, 0.2) is 33.7 Å². The fourth-order valence-corrected chi connectivity index (χ4v) is 6.69. The van der Waals surface area contributed by atoms with Gasteiger partial charge in [0.1, 0.15) is 34.7 Å². The van der Waals surface area contributed by atoms with Crippen LogP contribution in [0.25, 0.3) is 11.0 Å². The Morgan fingerprint density at radius 1 is 0.907 bits per heavy atom. The third kappa shape index (κ3) is 8.16. The van der Waals surface area contributed by atoms with Gasteiger partial charge in [-0.1, -0.05) is 72.6 Å². The van der Waals surface area contributed by atoms with Crippen LogP contribution in [0.5, 0.6) is 23.0 Å². The Kier molecular flexibility index (Phi) is 10.9. The van der Waals surface area contributed by atoms with Gasteiger partial charge in [-0.2, -0.15) is 0 Å². The second-order valence-electron chi connectivity index (χ2n) is 14.1. The van der Waals surface area contributed by atoms with Gasteiger partial charge >= 0.3 is 0 Å². The third-order valence-electron chi connectivity index (χ3n) is 9.78. The number of fused-ring (bicyclic) bond motifs is 2. The summed E-state index contributed by atoms with van der Waals surface area (Å²) >= 11 is 0. The second kappa shape index (κ2) is 14.2. The lowest BCUT2D eigenvalue weighted by atomic mass is 9.83. The van der Waals surface area contributed by atoms with E-state index in [1.54, 1.807) is 6.07 Å². The van der Waals surface area contributed by atoms with E-state index in [1.807, 2.05) is 6.92 Å². The molecule has 1 N–H and O–H groups in total. The highest BCUT2D eigenvalue weighted by atomic mass is 16.5. The van der Waals surface area contributed by atoms with Crippen LogP contribution < -0.4 is 14.9 Å². The predicted octanol–water partition coefficient (Wildman–Crippen LogP) is 10.7. The van der Waals surface area contributed by atoms with Crippen molar-refractivity contribution in [3.63, 3.8) is 0 Å². The molecule has 0 spiro atoms. The second-order valence-corrected chi connectivity index (χ2v) is 14.1. The highest BCUT2D eigenvalue weighted by Gasteiger charge is 2.34. The molecule has 2 aromatic carbocycles. The molecular formula is C38H54O5. The summed E-state index contributed by atoms with van der Waals surface area (Å²) in [6.07, 6.45) is 14.9. The lowest BCUT2D eigenvalue weighted by Crippen LogP contribution is -2.37. The van der Waals surface area contributed by atoms with Crippen LogP contribution in [0.2, 0.25) is 0 Å². The molecule has 3 aromatic rings. The molecule has 236 valence electrons. The summed E-state index contributed by atoms with van der Waals surface area (Å²) in [6.45, 7) is 17.9. The van der Waals surface area contributed by atoms with Gasteiger partial charge in [-0.15, -0.1) is 0 Å². The van der Waals surface area contributed by atoms with Crippen molar-refractivity contribution in [1.82, 2.24) is 0 Å². The highest BCUT2D eigenvalue weighted by Crippen LogP contribution is 2.46. The van der Waals surface area contributed by atoms with Crippen LogP contribution in [0.3, 0.4) is 0 Å². The van der Waals surface area contributed by atoms with Crippen LogP contribution in [-0.2, 0) is 6.42 Å². The van der Waals surface area contributed by atoms with Gasteiger partial charge in [0.15, 0.2) is 0 Å². The first-order valence-electron chi connectivity index (χ1n) is 16.6. The summed E-state index contributed by atoms with van der Waals surface area (Å²) in [7, 11) is 0. The molecule has 1 aliphatic heterocycles. The van der Waals surface area contributed by atoms with Gasteiger partial charge < -0.3 is 19.0 Å². The molecule has 0 radical (unpaired) electrons. The van der Waals surface area contributed by atoms with Gasteiger partial charge in [-0.25, -0.2) is 0 Å². The minimum absolute atomic E-state index is 0.0516. The molecular weight excluding hydrogens is 536 g/mol. The van der Waals surface area contributed by atoms with Crippen molar-refractivity contribution in [3.05, 3.63) is 56.9 Å². The van der Waals surface area contributed by atoms with E-state index in [0.29, 0.717) is 16.7 Å². The largest absolute Gasteiger partial charge is 0.508 e. The van der Waals surface area contributed by atoms with Crippen LogP contribution >= 0.6 is 0 Å². The maximum atomic E-state index is 13.1. The van der Waals surface area contributed by atoms with Gasteiger partial charge in [0.05, 0.1) is 5.39 Å². The number of aromatic hydroxyl groups is 1. The SMILES string of the molecule is Cc1c(C)c2c(c(C)c1Oc1coc3cc(O)ccc3c1=O)CC[C@](C)(CCC[C@H](C)CCC[C@H](C)CCCC(C)C)O2. The smallest absolute Gasteiger partial charge is 0.235 e. The summed E-state index contributed by atoms with van der Waals surface area (Å²) in [4.78, 5) is 13.1. The molecule has 4 rings (SSSR count). The summed E-state index contributed by atoms with van der Waals surface area (Å²) in [5.41, 5.74) is 4.11. The Hall–Kier alpha value is -2.95. The number of phenols is 1. The number of hydrogen-bond donors (Lipinski definition) is 1. The Labute approximate surface area is 259 Å². The van der Waals surface area contributed by atoms with Crippen molar-refractivity contribution in [2.24, 2.45) is 17.8 Å². The maximum Gasteiger partial charge on any atom is 0.235 e. The van der Waals surface area contributed by atoms with E-state index < -0.39 is 0 Å². The Bertz CT molecular complexity index is 1450. The Morgan fingerprint density at radius 2 is 1.56 bits per heavy atom. The van der Waals surface area contributed by atoms with Gasteiger partial charge in [-0.3, -0.25) is 4.79 Å². The van der Waals surface area contributed by atoms with Gasteiger partial charge in [0.25, 0.3) is 0 Å². The van der Waals surface area contributed by atoms with Crippen LogP contribution in [0.4, 0.5) is 0 Å². The number of ether oxygens (including phenoxy) is 2. The van der Waals surface area contributed by atoms with E-state index in [0.717, 1.165) is 59.5 Å². The number of hydrogen-bond acceptors (Lipinski definition) is 5. The third-order valence-corrected chi connectivity index (χ3v) is 9.78. The molecule has 0 saturated heterocycles. The average Bonchev–Trinajstić information content (AvgIpc) is 2.95. The minimum atomic E-state index is -0.260. The Morgan fingerprint density at radius 3 is 2.23 bits per heavy atom. The van der Waals surface area contributed by atoms with Gasteiger partial charge in [0, 0.05) is 11.6 Å². The molecule has 1 aromatic heterocycles. The lowest BCUT2D eigenvalue weighted by Gasteiger charge is -2.38. The van der Waals surface area contributed by atoms with E-state index in [2.05, 4.69) is 48.5 Å². The van der Waals surface area contributed by atoms with Gasteiger partial charge in [0.2, 0.25) is 11.2 Å². The number of rotatable bonds is 14. The van der Waals surface area contributed by atoms with Crippen molar-refractivity contribution in [2.45, 2.75) is 132 Å². The van der Waals surface area contributed by atoms with E-state index >= 15 is 0 Å². The topological polar surface area (TPSA) is 68.9 Å². The quantitative estimate of drug-likeness (QED) is 0.202. The van der Waals surface area contributed by atoms with Crippen molar-refractivity contribution in [1.29, 1.82) is 0 Å². The summed E-state index contributed by atoms with van der Waals surface area (Å²) in [5, 5.41) is 10.1. The van der Waals surface area contributed by atoms with Crippen molar-refractivity contribution in [3.8, 4) is 23.0 Å². The van der Waals surface area contributed by atoms with Gasteiger partial charge in [-0.05, 0) is 100.0 Å². The van der Waals surface area contributed by atoms with Crippen molar-refractivity contribution >= 4 is 11.0 Å². The first-order valence-corrected chi connectivity index (χ1v) is 16.6. The monoisotopic (exact) mass is 590 g/mol. The molecule has 2 heterocycles. The minimum Gasteiger partial charge on any atom is -0.508 e. The standard InChI is InChI=1S/C38H54O5/c1-24(2)12-9-13-25(3)14-10-15-26(4)16-11-20-38(8)21-19-31-29(7)36(27(5)28(6)37(31)43-38)42-34-23-41-33-22-30(39)17-18-32(33)35(34)40/h17-18,22-26,39H,9-16,19-21H2,1-8H3/t25-,26-,38+/m1/s1. The lowest BCUT2D eigenvalue weighted by molar-refractivity contribution is 0.0512. The highest BCUT2D eigenvalue weighted by molar-refractivity contribution is 5.79. The van der Waals surface area contributed by atoms with Crippen molar-refractivity contribution < 1.29 is 19.0 Å². The molecule has 0 aliphatic carbocycles. The molecule has 3 atom stereocenters. The van der Waals surface area contributed by atoms with Crippen LogP contribution in [-0.4, -0.2) is 10.7 Å². The fourth-order valence-electron chi connectivity index (χ4n) is 6.69. The molecule has 0 bridgehead atoms. The maximum absolute atomic E-state index is 13.1. The van der Waals surface area contributed by atoms with E-state index in [9.17, 15) is 9.90 Å². The average molecular weight is 591 g/mol. The molecule has 5 nitrogen and oxygen atoms in total. The summed E-state index contributed by atoms with van der Waals surface area (Å²) in [6, 6.07) is 4.48. The molecule has 1 aliphatic rings. The molecule has 0 saturated carbocycles. The molecule has 0 amide bonds. The first-order chi connectivity index (χ1) is 20.4. The number of benzene rings is 2. The molecule has 0 unspecified atom stereocenters. The first kappa shape index (κ1) is 33.0. The zero-order valence-electron chi connectivity index (χ0n) is 27.9. The van der Waals surface area contributed by atoms with Crippen LogP contribution in [0, 0.1) is 38.5 Å². The Balaban J connectivity index is 1.35. The number of phenolic OH excluding ortho intramolecular Hbond substituents is 1. The zero-order valence-corrected chi connectivity index (χ0v) is 27.9.